The zero-order chi connectivity index (χ0) is 23.4. The van der Waals surface area contributed by atoms with Gasteiger partial charge in [-0.15, -0.1) is 0 Å². The molecule has 2 atom stereocenters. The summed E-state index contributed by atoms with van der Waals surface area (Å²) in [6.45, 7) is 3.84. The van der Waals surface area contributed by atoms with Gasteiger partial charge in [-0.25, -0.2) is 4.39 Å². The van der Waals surface area contributed by atoms with Gasteiger partial charge in [-0.3, -0.25) is 9.69 Å². The summed E-state index contributed by atoms with van der Waals surface area (Å²) in [4.78, 5) is 15.5. The van der Waals surface area contributed by atoms with E-state index >= 15 is 0 Å². The smallest absolute Gasteiger partial charge is 0.228 e. The summed E-state index contributed by atoms with van der Waals surface area (Å²) in [6, 6.07) is 20.4. The summed E-state index contributed by atoms with van der Waals surface area (Å²) >= 11 is 6.41. The van der Waals surface area contributed by atoms with E-state index in [-0.39, 0.29) is 23.6 Å². The van der Waals surface area contributed by atoms with Gasteiger partial charge in [0.25, 0.3) is 0 Å². The highest BCUT2D eigenvalue weighted by Gasteiger charge is 2.33. The highest BCUT2D eigenvalue weighted by Crippen LogP contribution is 2.33. The van der Waals surface area contributed by atoms with Gasteiger partial charge in [0.15, 0.2) is 0 Å². The number of carbonyl (C=O) groups excluding carboxylic acids is 1. The van der Waals surface area contributed by atoms with E-state index in [0.717, 1.165) is 34.1 Å². The van der Waals surface area contributed by atoms with Gasteiger partial charge in [-0.2, -0.15) is 0 Å². The summed E-state index contributed by atoms with van der Waals surface area (Å²) in [5.41, 5.74) is 3.44. The fraction of sp³-hybridized carbons (Fsp3) is 0.296. The largest absolute Gasteiger partial charge is 0.497 e. The first kappa shape index (κ1) is 23.3. The number of amides is 1. The molecule has 0 radical (unpaired) electrons. The Bertz CT molecular complexity index is 1120. The summed E-state index contributed by atoms with van der Waals surface area (Å²) in [5.74, 6) is 0.415. The average molecular weight is 467 g/mol. The van der Waals surface area contributed by atoms with Crippen molar-refractivity contribution < 1.29 is 13.9 Å². The molecule has 3 aromatic rings. The summed E-state index contributed by atoms with van der Waals surface area (Å²) in [6.07, 6.45) is 0.700. The summed E-state index contributed by atoms with van der Waals surface area (Å²) in [7, 11) is 1.61. The highest BCUT2D eigenvalue weighted by atomic mass is 35.5. The second-order valence-electron chi connectivity index (χ2n) is 8.64. The van der Waals surface area contributed by atoms with Crippen LogP contribution in [0.5, 0.6) is 5.75 Å². The number of aryl methyl sites for hydroxylation is 1. The van der Waals surface area contributed by atoms with Crippen LogP contribution in [0.25, 0.3) is 0 Å². The molecular formula is C27H28ClFN2O2. The number of halogens is 2. The van der Waals surface area contributed by atoms with Crippen LogP contribution >= 0.6 is 11.6 Å². The van der Waals surface area contributed by atoms with E-state index in [4.69, 9.17) is 16.3 Å². The number of hydrogen-bond acceptors (Lipinski definition) is 3. The third-order valence-corrected chi connectivity index (χ3v) is 6.63. The van der Waals surface area contributed by atoms with Crippen molar-refractivity contribution in [1.82, 2.24) is 4.90 Å². The fourth-order valence-corrected chi connectivity index (χ4v) is 4.65. The maximum absolute atomic E-state index is 13.9. The molecule has 0 aliphatic carbocycles. The minimum Gasteiger partial charge on any atom is -0.497 e. The van der Waals surface area contributed by atoms with Crippen LogP contribution < -0.4 is 10.1 Å². The van der Waals surface area contributed by atoms with Gasteiger partial charge in [0.1, 0.15) is 11.6 Å². The molecule has 1 fully saturated rings. The molecule has 1 aliphatic heterocycles. The van der Waals surface area contributed by atoms with Crippen molar-refractivity contribution >= 4 is 23.2 Å². The molecule has 4 nitrogen and oxygen atoms in total. The molecular weight excluding hydrogens is 439 g/mol. The third-order valence-electron chi connectivity index (χ3n) is 6.26. The van der Waals surface area contributed by atoms with E-state index in [1.165, 1.54) is 6.07 Å². The molecule has 172 valence electrons. The fourth-order valence-electron chi connectivity index (χ4n) is 4.46. The number of nitrogens with zero attached hydrogens (tertiary/aromatic N) is 1. The van der Waals surface area contributed by atoms with Crippen molar-refractivity contribution in [2.45, 2.75) is 25.8 Å². The lowest BCUT2D eigenvalue weighted by Crippen LogP contribution is -2.43. The molecule has 1 aliphatic rings. The van der Waals surface area contributed by atoms with Crippen LogP contribution in [0.3, 0.4) is 0 Å². The van der Waals surface area contributed by atoms with Gasteiger partial charge in [-0.1, -0.05) is 41.9 Å². The van der Waals surface area contributed by atoms with Crippen LogP contribution in [0.1, 0.15) is 29.0 Å². The van der Waals surface area contributed by atoms with Gasteiger partial charge in [0.2, 0.25) is 5.91 Å². The number of carbonyl (C=O) groups is 1. The van der Waals surface area contributed by atoms with E-state index in [9.17, 15) is 9.18 Å². The monoisotopic (exact) mass is 466 g/mol. The number of likely N-dealkylation sites (tertiary alicyclic amines) is 1. The molecule has 1 heterocycles. The highest BCUT2D eigenvalue weighted by molar-refractivity contribution is 6.31. The quantitative estimate of drug-likeness (QED) is 0.481. The SMILES string of the molecule is COc1ccc(NC(=O)[C@H]2C[C@H](c3ccc(F)c(C)c3)CN(Cc3ccccc3Cl)C2)cc1. The first-order chi connectivity index (χ1) is 15.9. The Morgan fingerprint density at radius 3 is 2.58 bits per heavy atom. The second kappa shape index (κ2) is 10.4. The Morgan fingerprint density at radius 1 is 1.12 bits per heavy atom. The predicted molar refractivity (Wildman–Crippen MR) is 130 cm³/mol. The zero-order valence-electron chi connectivity index (χ0n) is 18.9. The maximum atomic E-state index is 13.9. The molecule has 0 bridgehead atoms. The van der Waals surface area contributed by atoms with Crippen molar-refractivity contribution in [3.63, 3.8) is 0 Å². The average Bonchev–Trinajstić information content (AvgIpc) is 2.82. The molecule has 0 aromatic heterocycles. The lowest BCUT2D eigenvalue weighted by Gasteiger charge is -2.37. The number of methoxy groups -OCH3 is 1. The number of rotatable bonds is 6. The van der Waals surface area contributed by atoms with Crippen molar-refractivity contribution in [3.05, 3.63) is 94.3 Å². The first-order valence-corrected chi connectivity index (χ1v) is 11.5. The summed E-state index contributed by atoms with van der Waals surface area (Å²) in [5, 5.41) is 3.76. The van der Waals surface area contributed by atoms with Crippen LogP contribution in [0.2, 0.25) is 5.02 Å². The number of hydrogen-bond donors (Lipinski definition) is 1. The van der Waals surface area contributed by atoms with E-state index < -0.39 is 0 Å². The standard InChI is InChI=1S/C27H28ClFN2O2/c1-18-13-19(7-12-26(18)29)21-14-22(27(32)30-23-8-10-24(33-2)11-9-23)17-31(16-21)15-20-5-3-4-6-25(20)28/h3-13,21-22H,14-17H2,1-2H3,(H,30,32)/t21-,22-/m0/s1. The third kappa shape index (κ3) is 5.73. The molecule has 0 unspecified atom stereocenters. The van der Waals surface area contributed by atoms with Gasteiger partial charge in [0, 0.05) is 30.3 Å². The Morgan fingerprint density at radius 2 is 1.88 bits per heavy atom. The minimum atomic E-state index is -0.212. The summed E-state index contributed by atoms with van der Waals surface area (Å²) < 4.78 is 19.1. The second-order valence-corrected chi connectivity index (χ2v) is 9.05. The number of benzene rings is 3. The number of anilines is 1. The van der Waals surface area contributed by atoms with Gasteiger partial charge < -0.3 is 10.1 Å². The lowest BCUT2D eigenvalue weighted by atomic mass is 9.83. The molecule has 1 amide bonds. The molecule has 0 saturated carbocycles. The Labute approximate surface area is 199 Å². The van der Waals surface area contributed by atoms with Crippen LogP contribution in [0, 0.1) is 18.7 Å². The normalized spacial score (nSPS) is 18.7. The molecule has 6 heteroatoms. The van der Waals surface area contributed by atoms with Crippen LogP contribution in [-0.4, -0.2) is 31.0 Å². The van der Waals surface area contributed by atoms with Gasteiger partial charge in [0.05, 0.1) is 13.0 Å². The molecule has 0 spiro atoms. The molecule has 3 aromatic carbocycles. The van der Waals surface area contributed by atoms with Crippen LogP contribution in [-0.2, 0) is 11.3 Å². The maximum Gasteiger partial charge on any atom is 0.228 e. The number of ether oxygens (including phenoxy) is 1. The lowest BCUT2D eigenvalue weighted by molar-refractivity contribution is -0.121. The number of nitrogens with one attached hydrogen (secondary N) is 1. The van der Waals surface area contributed by atoms with Crippen molar-refractivity contribution in [2.75, 3.05) is 25.5 Å². The topological polar surface area (TPSA) is 41.6 Å². The Balaban J connectivity index is 1.55. The van der Waals surface area contributed by atoms with Crippen molar-refractivity contribution in [3.8, 4) is 5.75 Å². The molecule has 33 heavy (non-hydrogen) atoms. The number of piperidine rings is 1. The predicted octanol–water partition coefficient (Wildman–Crippen LogP) is 6.04. The van der Waals surface area contributed by atoms with E-state index in [0.29, 0.717) is 25.1 Å². The van der Waals surface area contributed by atoms with Crippen LogP contribution in [0.4, 0.5) is 10.1 Å². The molecule has 1 saturated heterocycles. The molecule has 1 N–H and O–H groups in total. The van der Waals surface area contributed by atoms with Gasteiger partial charge in [-0.05, 0) is 72.4 Å². The van der Waals surface area contributed by atoms with Crippen molar-refractivity contribution in [1.29, 1.82) is 0 Å². The Hall–Kier alpha value is -2.89. The van der Waals surface area contributed by atoms with Crippen molar-refractivity contribution in [2.24, 2.45) is 5.92 Å². The molecule has 4 rings (SSSR count). The van der Waals surface area contributed by atoms with Crippen LogP contribution in [0.15, 0.2) is 66.7 Å². The van der Waals surface area contributed by atoms with E-state index in [1.54, 1.807) is 14.0 Å². The van der Waals surface area contributed by atoms with E-state index in [2.05, 4.69) is 10.2 Å². The minimum absolute atomic E-state index is 0.0205. The van der Waals surface area contributed by atoms with Gasteiger partial charge >= 0.3 is 0 Å². The Kier molecular flexibility index (Phi) is 7.31. The first-order valence-electron chi connectivity index (χ1n) is 11.1. The van der Waals surface area contributed by atoms with E-state index in [1.807, 2.05) is 60.7 Å². The zero-order valence-corrected chi connectivity index (χ0v) is 19.6.